The molecule has 1 aromatic carbocycles. The summed E-state index contributed by atoms with van der Waals surface area (Å²) in [6.45, 7) is 0. The normalized spacial score (nSPS) is 20.8. The molecule has 1 fully saturated rings. The second-order valence-electron chi connectivity index (χ2n) is 4.20. The smallest absolute Gasteiger partial charge is 0.166 e. The monoisotopic (exact) mass is 236 g/mol. The lowest BCUT2D eigenvalue weighted by molar-refractivity contribution is -0.121. The number of rotatable bonds is 2. The van der Waals surface area contributed by atoms with Gasteiger partial charge in [0.15, 0.2) is 5.78 Å². The van der Waals surface area contributed by atoms with Gasteiger partial charge >= 0.3 is 0 Å². The molecule has 2 nitrogen and oxygen atoms in total. The molecule has 0 amide bonds. The Bertz CT molecular complexity index is 408. The van der Waals surface area contributed by atoms with Crippen molar-refractivity contribution in [2.75, 3.05) is 0 Å². The van der Waals surface area contributed by atoms with E-state index >= 15 is 0 Å². The molecule has 84 valence electrons. The first-order valence-electron chi connectivity index (χ1n) is 5.48. The third-order valence-electron chi connectivity index (χ3n) is 2.98. The number of benzene rings is 1. The van der Waals surface area contributed by atoms with Crippen LogP contribution in [0.15, 0.2) is 24.3 Å². The molecule has 1 aliphatic carbocycles. The zero-order chi connectivity index (χ0) is 11.5. The summed E-state index contributed by atoms with van der Waals surface area (Å²) in [5.41, 5.74) is 0.657. The highest BCUT2D eigenvalue weighted by molar-refractivity contribution is 6.30. The molecule has 3 heteroatoms. The fourth-order valence-corrected chi connectivity index (χ4v) is 2.22. The minimum absolute atomic E-state index is 0.0738. The molecular weight excluding hydrogens is 224 g/mol. The summed E-state index contributed by atoms with van der Waals surface area (Å²) >= 11 is 5.76. The lowest BCUT2D eigenvalue weighted by atomic mass is 9.83. The van der Waals surface area contributed by atoms with Crippen LogP contribution < -0.4 is 0 Å². The number of carbonyl (C=O) groups is 2. The van der Waals surface area contributed by atoms with Crippen molar-refractivity contribution in [3.05, 3.63) is 34.9 Å². The minimum Gasteiger partial charge on any atom is -0.300 e. The summed E-state index contributed by atoms with van der Waals surface area (Å²) in [5, 5.41) is 0.622. The van der Waals surface area contributed by atoms with Crippen molar-refractivity contribution in [1.29, 1.82) is 0 Å². The second kappa shape index (κ2) is 4.79. The Morgan fingerprint density at radius 1 is 1.25 bits per heavy atom. The molecule has 0 aliphatic heterocycles. The van der Waals surface area contributed by atoms with Crippen LogP contribution in [0.1, 0.15) is 36.0 Å². The molecule has 0 saturated heterocycles. The maximum absolute atomic E-state index is 12.1. The first-order valence-corrected chi connectivity index (χ1v) is 5.86. The fourth-order valence-electron chi connectivity index (χ4n) is 2.10. The summed E-state index contributed by atoms with van der Waals surface area (Å²) in [7, 11) is 0. The fraction of sp³-hybridized carbons (Fsp3) is 0.385. The number of hydrogen-bond acceptors (Lipinski definition) is 2. The summed E-state index contributed by atoms with van der Waals surface area (Å²) in [6.07, 6.45) is 2.70. The first kappa shape index (κ1) is 11.3. The number of hydrogen-bond donors (Lipinski definition) is 0. The van der Waals surface area contributed by atoms with Crippen molar-refractivity contribution in [3.8, 4) is 0 Å². The van der Waals surface area contributed by atoms with Gasteiger partial charge in [0, 0.05) is 29.3 Å². The van der Waals surface area contributed by atoms with Crippen LogP contribution in [0, 0.1) is 5.92 Å². The highest BCUT2D eigenvalue weighted by Crippen LogP contribution is 2.25. The predicted molar refractivity (Wildman–Crippen MR) is 62.7 cm³/mol. The van der Waals surface area contributed by atoms with Crippen molar-refractivity contribution in [2.24, 2.45) is 5.92 Å². The molecule has 1 unspecified atom stereocenters. The van der Waals surface area contributed by atoms with Crippen LogP contribution in [-0.2, 0) is 4.79 Å². The quantitative estimate of drug-likeness (QED) is 0.739. The largest absolute Gasteiger partial charge is 0.300 e. The van der Waals surface area contributed by atoms with E-state index in [2.05, 4.69) is 0 Å². The number of Topliss-reactive ketones (excluding diaryl/α,β-unsaturated/α-hetero) is 2. The standard InChI is InChI=1S/C13H13ClO2/c14-11-6-4-9(5-7-11)13(16)10-2-1-3-12(15)8-10/h4-7,10H,1-3,8H2. The van der Waals surface area contributed by atoms with E-state index in [0.717, 1.165) is 12.8 Å². The van der Waals surface area contributed by atoms with Gasteiger partial charge in [0.25, 0.3) is 0 Å². The van der Waals surface area contributed by atoms with E-state index in [-0.39, 0.29) is 17.5 Å². The molecule has 0 spiro atoms. The third kappa shape index (κ3) is 2.50. The summed E-state index contributed by atoms with van der Waals surface area (Å²) in [5.74, 6) is 0.158. The van der Waals surface area contributed by atoms with Crippen molar-refractivity contribution < 1.29 is 9.59 Å². The average Bonchev–Trinajstić information content (AvgIpc) is 2.29. The van der Waals surface area contributed by atoms with Crippen LogP contribution in [-0.4, -0.2) is 11.6 Å². The SMILES string of the molecule is O=C1CCCC(C(=O)c2ccc(Cl)cc2)C1. The van der Waals surface area contributed by atoms with E-state index in [4.69, 9.17) is 11.6 Å². The lowest BCUT2D eigenvalue weighted by Gasteiger charge is -2.19. The Labute approximate surface area is 99.6 Å². The minimum atomic E-state index is -0.123. The van der Waals surface area contributed by atoms with E-state index in [0.29, 0.717) is 23.4 Å². The highest BCUT2D eigenvalue weighted by atomic mass is 35.5. The Morgan fingerprint density at radius 3 is 2.56 bits per heavy atom. The Kier molecular flexibility index (Phi) is 3.39. The summed E-state index contributed by atoms with van der Waals surface area (Å²) in [4.78, 5) is 23.4. The van der Waals surface area contributed by atoms with Crippen molar-refractivity contribution in [1.82, 2.24) is 0 Å². The topological polar surface area (TPSA) is 34.1 Å². The molecule has 0 heterocycles. The molecule has 0 bridgehead atoms. The third-order valence-corrected chi connectivity index (χ3v) is 3.23. The van der Waals surface area contributed by atoms with Gasteiger partial charge in [-0.05, 0) is 37.1 Å². The number of halogens is 1. The van der Waals surface area contributed by atoms with Crippen molar-refractivity contribution >= 4 is 23.2 Å². The van der Waals surface area contributed by atoms with Gasteiger partial charge in [-0.15, -0.1) is 0 Å². The molecule has 1 saturated carbocycles. The lowest BCUT2D eigenvalue weighted by Crippen LogP contribution is -2.22. The first-order chi connectivity index (χ1) is 7.66. The van der Waals surface area contributed by atoms with Gasteiger partial charge in [-0.1, -0.05) is 11.6 Å². The second-order valence-corrected chi connectivity index (χ2v) is 4.64. The van der Waals surface area contributed by atoms with Gasteiger partial charge < -0.3 is 0 Å². The van der Waals surface area contributed by atoms with E-state index in [9.17, 15) is 9.59 Å². The van der Waals surface area contributed by atoms with Crippen LogP contribution in [0.4, 0.5) is 0 Å². The average molecular weight is 237 g/mol. The maximum Gasteiger partial charge on any atom is 0.166 e. The number of ketones is 2. The predicted octanol–water partition coefficient (Wildman–Crippen LogP) is 3.28. The molecule has 1 atom stereocenters. The Hall–Kier alpha value is -1.15. The van der Waals surface area contributed by atoms with E-state index in [1.54, 1.807) is 24.3 Å². The number of carbonyl (C=O) groups excluding carboxylic acids is 2. The Balaban J connectivity index is 2.12. The molecule has 0 N–H and O–H groups in total. The highest BCUT2D eigenvalue weighted by Gasteiger charge is 2.26. The van der Waals surface area contributed by atoms with Gasteiger partial charge in [0.05, 0.1) is 0 Å². The molecular formula is C13H13ClO2. The molecule has 0 aromatic heterocycles. The molecule has 2 rings (SSSR count). The zero-order valence-corrected chi connectivity index (χ0v) is 9.67. The van der Waals surface area contributed by atoms with Gasteiger partial charge in [-0.3, -0.25) is 9.59 Å². The molecule has 1 aromatic rings. The van der Waals surface area contributed by atoms with Crippen LogP contribution >= 0.6 is 11.6 Å². The van der Waals surface area contributed by atoms with Crippen LogP contribution in [0.3, 0.4) is 0 Å². The summed E-state index contributed by atoms with van der Waals surface area (Å²) < 4.78 is 0. The maximum atomic E-state index is 12.1. The van der Waals surface area contributed by atoms with Crippen molar-refractivity contribution in [3.63, 3.8) is 0 Å². The van der Waals surface area contributed by atoms with Crippen LogP contribution in [0.5, 0.6) is 0 Å². The van der Waals surface area contributed by atoms with Crippen molar-refractivity contribution in [2.45, 2.75) is 25.7 Å². The van der Waals surface area contributed by atoms with Crippen LogP contribution in [0.25, 0.3) is 0 Å². The molecule has 16 heavy (non-hydrogen) atoms. The van der Waals surface area contributed by atoms with E-state index in [1.807, 2.05) is 0 Å². The van der Waals surface area contributed by atoms with E-state index < -0.39 is 0 Å². The molecule has 0 radical (unpaired) electrons. The zero-order valence-electron chi connectivity index (χ0n) is 8.91. The summed E-state index contributed by atoms with van der Waals surface area (Å²) in [6, 6.07) is 6.87. The van der Waals surface area contributed by atoms with Crippen LogP contribution in [0.2, 0.25) is 5.02 Å². The van der Waals surface area contributed by atoms with Gasteiger partial charge in [0.2, 0.25) is 0 Å². The van der Waals surface area contributed by atoms with Gasteiger partial charge in [-0.2, -0.15) is 0 Å². The Morgan fingerprint density at radius 2 is 1.94 bits per heavy atom. The van der Waals surface area contributed by atoms with Gasteiger partial charge in [0.1, 0.15) is 5.78 Å². The van der Waals surface area contributed by atoms with Gasteiger partial charge in [-0.25, -0.2) is 0 Å². The van der Waals surface area contributed by atoms with E-state index in [1.165, 1.54) is 0 Å². The molecule has 1 aliphatic rings.